The molecule has 6 heteroatoms. The van der Waals surface area contributed by atoms with Crippen LogP contribution in [-0.4, -0.2) is 43.4 Å². The molecule has 0 saturated carbocycles. The van der Waals surface area contributed by atoms with Crippen molar-refractivity contribution in [1.82, 2.24) is 0 Å². The summed E-state index contributed by atoms with van der Waals surface area (Å²) in [6.45, 7) is -0.573. The molecule has 0 aliphatic rings. The van der Waals surface area contributed by atoms with E-state index in [-0.39, 0.29) is 12.8 Å². The summed E-state index contributed by atoms with van der Waals surface area (Å²) in [6, 6.07) is 0. The lowest BCUT2D eigenvalue weighted by Crippen LogP contribution is -2.52. The van der Waals surface area contributed by atoms with Gasteiger partial charge in [0.2, 0.25) is 0 Å². The highest BCUT2D eigenvalue weighted by Gasteiger charge is 2.34. The van der Waals surface area contributed by atoms with E-state index in [2.05, 4.69) is 9.47 Å². The van der Waals surface area contributed by atoms with Crippen molar-refractivity contribution in [2.75, 3.05) is 20.8 Å². The summed E-state index contributed by atoms with van der Waals surface area (Å²) in [5, 5.41) is 8.89. The van der Waals surface area contributed by atoms with Crippen LogP contribution in [-0.2, 0) is 19.1 Å². The van der Waals surface area contributed by atoms with Crippen molar-refractivity contribution in [2.45, 2.75) is 18.4 Å². The second-order valence-corrected chi connectivity index (χ2v) is 2.88. The van der Waals surface area contributed by atoms with E-state index in [9.17, 15) is 9.59 Å². The number of carbonyl (C=O) groups excluding carboxylic acids is 2. The Hall–Kier alpha value is -1.14. The summed E-state index contributed by atoms with van der Waals surface area (Å²) in [6.07, 6.45) is -0.0501. The topological polar surface area (TPSA) is 98.9 Å². The van der Waals surface area contributed by atoms with Crippen LogP contribution in [0.5, 0.6) is 0 Å². The average Bonchev–Trinajstić information content (AvgIpc) is 2.23. The van der Waals surface area contributed by atoms with E-state index in [0.29, 0.717) is 0 Å². The van der Waals surface area contributed by atoms with Gasteiger partial charge in [0.1, 0.15) is 5.54 Å². The lowest BCUT2D eigenvalue weighted by molar-refractivity contribution is -0.150. The standard InChI is InChI=1S/C8H15NO5/c1-13-6(11)3-4-8(9,5-10)7(12)14-2/h10H,3-5,9H2,1-2H3/t8-/m1/s1. The molecule has 0 saturated heterocycles. The molecule has 0 aliphatic carbocycles. The van der Waals surface area contributed by atoms with Gasteiger partial charge in [0.05, 0.1) is 20.8 Å². The van der Waals surface area contributed by atoms with Crippen molar-refractivity contribution in [2.24, 2.45) is 5.73 Å². The number of aliphatic hydroxyl groups is 1. The Balaban J connectivity index is 4.26. The Morgan fingerprint density at radius 2 is 1.93 bits per heavy atom. The molecule has 0 spiro atoms. The van der Waals surface area contributed by atoms with E-state index in [1.54, 1.807) is 0 Å². The normalized spacial score (nSPS) is 14.3. The number of carbonyl (C=O) groups is 2. The molecule has 0 fully saturated rings. The third kappa shape index (κ3) is 3.31. The zero-order valence-corrected chi connectivity index (χ0v) is 8.28. The molecule has 0 heterocycles. The molecular formula is C8H15NO5. The molecule has 0 unspecified atom stereocenters. The lowest BCUT2D eigenvalue weighted by Gasteiger charge is -2.23. The quantitative estimate of drug-likeness (QED) is 0.547. The van der Waals surface area contributed by atoms with Gasteiger partial charge in [-0.2, -0.15) is 0 Å². The van der Waals surface area contributed by atoms with Crippen LogP contribution in [0.4, 0.5) is 0 Å². The molecule has 0 aliphatic heterocycles. The number of esters is 2. The van der Waals surface area contributed by atoms with E-state index in [0.717, 1.165) is 7.11 Å². The smallest absolute Gasteiger partial charge is 0.328 e. The van der Waals surface area contributed by atoms with Gasteiger partial charge < -0.3 is 20.3 Å². The molecular weight excluding hydrogens is 190 g/mol. The molecule has 1 atom stereocenters. The van der Waals surface area contributed by atoms with Gasteiger partial charge in [-0.25, -0.2) is 4.79 Å². The largest absolute Gasteiger partial charge is 0.469 e. The Bertz CT molecular complexity index is 218. The maximum Gasteiger partial charge on any atom is 0.328 e. The third-order valence-electron chi connectivity index (χ3n) is 1.88. The van der Waals surface area contributed by atoms with Crippen LogP contribution in [0.25, 0.3) is 0 Å². The highest BCUT2D eigenvalue weighted by Crippen LogP contribution is 2.11. The van der Waals surface area contributed by atoms with Crippen LogP contribution in [0.3, 0.4) is 0 Å². The second-order valence-electron chi connectivity index (χ2n) is 2.88. The molecule has 0 aromatic carbocycles. The monoisotopic (exact) mass is 205 g/mol. The van der Waals surface area contributed by atoms with Crippen molar-refractivity contribution >= 4 is 11.9 Å². The van der Waals surface area contributed by atoms with E-state index >= 15 is 0 Å². The highest BCUT2D eigenvalue weighted by molar-refractivity contribution is 5.81. The minimum absolute atomic E-state index is 0.0111. The first-order chi connectivity index (χ1) is 6.50. The average molecular weight is 205 g/mol. The van der Waals surface area contributed by atoms with Crippen LogP contribution in [0, 0.1) is 0 Å². The number of ether oxygens (including phenoxy) is 2. The fraction of sp³-hybridized carbons (Fsp3) is 0.750. The van der Waals surface area contributed by atoms with Gasteiger partial charge in [-0.05, 0) is 6.42 Å². The van der Waals surface area contributed by atoms with Gasteiger partial charge in [0, 0.05) is 6.42 Å². The number of rotatable bonds is 5. The van der Waals surface area contributed by atoms with Gasteiger partial charge in [0.15, 0.2) is 0 Å². The minimum Gasteiger partial charge on any atom is -0.469 e. The number of hydrogen-bond acceptors (Lipinski definition) is 6. The Morgan fingerprint density at radius 3 is 2.29 bits per heavy atom. The highest BCUT2D eigenvalue weighted by atomic mass is 16.5. The van der Waals surface area contributed by atoms with Crippen molar-refractivity contribution in [3.05, 3.63) is 0 Å². The van der Waals surface area contributed by atoms with Gasteiger partial charge in [0.25, 0.3) is 0 Å². The molecule has 0 aromatic heterocycles. The fourth-order valence-corrected chi connectivity index (χ4v) is 0.876. The van der Waals surface area contributed by atoms with E-state index in [4.69, 9.17) is 10.8 Å². The Labute approximate surface area is 82.0 Å². The lowest BCUT2D eigenvalue weighted by atomic mass is 9.96. The van der Waals surface area contributed by atoms with Gasteiger partial charge >= 0.3 is 11.9 Å². The van der Waals surface area contributed by atoms with Crippen LogP contribution in [0.2, 0.25) is 0 Å². The van der Waals surface area contributed by atoms with Crippen LogP contribution in [0.1, 0.15) is 12.8 Å². The molecule has 82 valence electrons. The fourth-order valence-electron chi connectivity index (χ4n) is 0.876. The molecule has 14 heavy (non-hydrogen) atoms. The zero-order chi connectivity index (χ0) is 11.2. The predicted molar refractivity (Wildman–Crippen MR) is 47.3 cm³/mol. The molecule has 0 aromatic rings. The SMILES string of the molecule is COC(=O)CC[C@@](N)(CO)C(=O)OC. The van der Waals surface area contributed by atoms with Crippen molar-refractivity contribution in [3.8, 4) is 0 Å². The molecule has 0 rings (SSSR count). The molecule has 3 N–H and O–H groups in total. The molecule has 0 radical (unpaired) electrons. The zero-order valence-electron chi connectivity index (χ0n) is 8.28. The minimum atomic E-state index is -1.52. The Morgan fingerprint density at radius 1 is 1.36 bits per heavy atom. The maximum atomic E-state index is 11.1. The summed E-state index contributed by atoms with van der Waals surface area (Å²) in [5.74, 6) is -1.24. The molecule has 6 nitrogen and oxygen atoms in total. The first-order valence-electron chi connectivity index (χ1n) is 4.05. The van der Waals surface area contributed by atoms with Gasteiger partial charge in [-0.3, -0.25) is 4.79 Å². The van der Waals surface area contributed by atoms with Gasteiger partial charge in [-0.1, -0.05) is 0 Å². The molecule has 0 amide bonds. The number of nitrogens with two attached hydrogens (primary N) is 1. The number of methoxy groups -OCH3 is 2. The van der Waals surface area contributed by atoms with Crippen molar-refractivity contribution in [1.29, 1.82) is 0 Å². The third-order valence-corrected chi connectivity index (χ3v) is 1.88. The maximum absolute atomic E-state index is 11.1. The van der Waals surface area contributed by atoms with E-state index in [1.165, 1.54) is 7.11 Å². The first kappa shape index (κ1) is 12.9. The van der Waals surface area contributed by atoms with Crippen molar-refractivity contribution < 1.29 is 24.2 Å². The Kier molecular flexibility index (Phi) is 5.11. The van der Waals surface area contributed by atoms with Crippen molar-refractivity contribution in [3.63, 3.8) is 0 Å². The number of hydrogen-bond donors (Lipinski definition) is 2. The summed E-state index contributed by atoms with van der Waals surface area (Å²) < 4.78 is 8.77. The van der Waals surface area contributed by atoms with E-state index < -0.39 is 24.1 Å². The summed E-state index contributed by atoms with van der Waals surface area (Å²) >= 11 is 0. The summed E-state index contributed by atoms with van der Waals surface area (Å²) in [7, 11) is 2.40. The van der Waals surface area contributed by atoms with E-state index in [1.807, 2.05) is 0 Å². The summed E-state index contributed by atoms with van der Waals surface area (Å²) in [4.78, 5) is 21.9. The van der Waals surface area contributed by atoms with Gasteiger partial charge in [-0.15, -0.1) is 0 Å². The second kappa shape index (κ2) is 5.56. The first-order valence-corrected chi connectivity index (χ1v) is 4.05. The van der Waals surface area contributed by atoms with Crippen LogP contribution >= 0.6 is 0 Å². The van der Waals surface area contributed by atoms with Crippen LogP contribution in [0.15, 0.2) is 0 Å². The number of aliphatic hydroxyl groups excluding tert-OH is 1. The van der Waals surface area contributed by atoms with Crippen LogP contribution < -0.4 is 5.73 Å². The summed E-state index contributed by atoms with van der Waals surface area (Å²) in [5.41, 5.74) is 4.00. The predicted octanol–water partition coefficient (Wildman–Crippen LogP) is -1.20. The molecule has 0 bridgehead atoms.